The molecule has 0 saturated carbocycles. The molecular formula is C16H20N4O4. The summed E-state index contributed by atoms with van der Waals surface area (Å²) < 4.78 is 0. The van der Waals surface area contributed by atoms with Crippen LogP contribution in [0.5, 0.6) is 0 Å². The second-order valence-corrected chi connectivity index (χ2v) is 6.62. The summed E-state index contributed by atoms with van der Waals surface area (Å²) in [6, 6.07) is 3.43. The van der Waals surface area contributed by atoms with E-state index in [1.54, 1.807) is 0 Å². The summed E-state index contributed by atoms with van der Waals surface area (Å²) in [5, 5.41) is 26.0. The fourth-order valence-electron chi connectivity index (χ4n) is 2.50. The molecule has 1 aliphatic rings. The first-order valence-electron chi connectivity index (χ1n) is 7.62. The van der Waals surface area contributed by atoms with Gasteiger partial charge in [0.1, 0.15) is 5.69 Å². The van der Waals surface area contributed by atoms with Crippen molar-refractivity contribution in [1.29, 1.82) is 0 Å². The van der Waals surface area contributed by atoms with E-state index in [-0.39, 0.29) is 22.5 Å². The molecule has 0 aliphatic heterocycles. The SMILES string of the molecule is CC(=NNc1ccc([N+](=O)[O-])cc1[N+](=O)[O-])C1=CCC(C)(C)CC1. The number of hydrogen-bond donors (Lipinski definition) is 1. The van der Waals surface area contributed by atoms with Crippen LogP contribution in [0.15, 0.2) is 34.9 Å². The highest BCUT2D eigenvalue weighted by molar-refractivity contribution is 5.98. The molecule has 1 aromatic carbocycles. The van der Waals surface area contributed by atoms with E-state index in [0.29, 0.717) is 0 Å². The Morgan fingerprint density at radius 1 is 1.25 bits per heavy atom. The maximum Gasteiger partial charge on any atom is 0.301 e. The van der Waals surface area contributed by atoms with Gasteiger partial charge in [0.2, 0.25) is 0 Å². The Morgan fingerprint density at radius 2 is 1.96 bits per heavy atom. The summed E-state index contributed by atoms with van der Waals surface area (Å²) in [5.74, 6) is 0. The van der Waals surface area contributed by atoms with Crippen LogP contribution in [-0.2, 0) is 0 Å². The average molecular weight is 332 g/mol. The van der Waals surface area contributed by atoms with Crippen LogP contribution in [-0.4, -0.2) is 15.6 Å². The zero-order chi connectivity index (χ0) is 17.9. The number of hydrazone groups is 1. The normalized spacial score (nSPS) is 17.1. The van der Waals surface area contributed by atoms with E-state index in [1.165, 1.54) is 12.1 Å². The van der Waals surface area contributed by atoms with Gasteiger partial charge < -0.3 is 0 Å². The molecule has 2 rings (SSSR count). The number of rotatable bonds is 5. The maximum absolute atomic E-state index is 11.1. The highest BCUT2D eigenvalue weighted by atomic mass is 16.6. The number of allylic oxidation sites excluding steroid dienone is 2. The van der Waals surface area contributed by atoms with E-state index in [0.717, 1.165) is 36.6 Å². The Bertz CT molecular complexity index is 738. The van der Waals surface area contributed by atoms with Gasteiger partial charge in [-0.2, -0.15) is 5.10 Å². The third kappa shape index (κ3) is 4.15. The number of benzene rings is 1. The Morgan fingerprint density at radius 3 is 2.50 bits per heavy atom. The van der Waals surface area contributed by atoms with Crippen LogP contribution in [0.25, 0.3) is 0 Å². The number of nitrogens with one attached hydrogen (secondary N) is 1. The topological polar surface area (TPSA) is 111 Å². The van der Waals surface area contributed by atoms with Crippen molar-refractivity contribution in [3.8, 4) is 0 Å². The number of nitrogens with zero attached hydrogens (tertiary/aromatic N) is 3. The third-order valence-corrected chi connectivity index (χ3v) is 4.17. The van der Waals surface area contributed by atoms with Crippen molar-refractivity contribution < 1.29 is 9.85 Å². The number of nitro benzene ring substituents is 2. The molecule has 8 nitrogen and oxygen atoms in total. The van der Waals surface area contributed by atoms with Crippen molar-refractivity contribution in [2.45, 2.75) is 40.0 Å². The molecule has 0 heterocycles. The Balaban J connectivity index is 2.20. The van der Waals surface area contributed by atoms with Crippen molar-refractivity contribution in [1.82, 2.24) is 0 Å². The summed E-state index contributed by atoms with van der Waals surface area (Å²) in [7, 11) is 0. The molecule has 0 amide bonds. The van der Waals surface area contributed by atoms with E-state index >= 15 is 0 Å². The van der Waals surface area contributed by atoms with Crippen LogP contribution in [0.1, 0.15) is 40.0 Å². The zero-order valence-corrected chi connectivity index (χ0v) is 13.9. The van der Waals surface area contributed by atoms with Crippen LogP contribution in [0.3, 0.4) is 0 Å². The fourth-order valence-corrected chi connectivity index (χ4v) is 2.50. The quantitative estimate of drug-likeness (QED) is 0.487. The minimum absolute atomic E-state index is 0.127. The molecule has 0 atom stereocenters. The summed E-state index contributed by atoms with van der Waals surface area (Å²) in [6.45, 7) is 6.27. The monoisotopic (exact) mass is 332 g/mol. The minimum atomic E-state index is -0.667. The van der Waals surface area contributed by atoms with Gasteiger partial charge in [-0.15, -0.1) is 0 Å². The highest BCUT2D eigenvalue weighted by Crippen LogP contribution is 2.34. The lowest BCUT2D eigenvalue weighted by Crippen LogP contribution is -2.17. The minimum Gasteiger partial charge on any atom is -0.271 e. The second kappa shape index (κ2) is 6.77. The first-order valence-corrected chi connectivity index (χ1v) is 7.62. The van der Waals surface area contributed by atoms with Crippen LogP contribution in [0.2, 0.25) is 0 Å². The predicted molar refractivity (Wildman–Crippen MR) is 92.2 cm³/mol. The van der Waals surface area contributed by atoms with E-state index in [9.17, 15) is 20.2 Å². The molecule has 1 aliphatic carbocycles. The number of hydrogen-bond acceptors (Lipinski definition) is 6. The fraction of sp³-hybridized carbons (Fsp3) is 0.438. The lowest BCUT2D eigenvalue weighted by Gasteiger charge is -2.28. The van der Waals surface area contributed by atoms with Crippen molar-refractivity contribution >= 4 is 22.8 Å². The summed E-state index contributed by atoms with van der Waals surface area (Å²) >= 11 is 0. The smallest absolute Gasteiger partial charge is 0.271 e. The molecule has 0 saturated heterocycles. The summed E-state index contributed by atoms with van der Waals surface area (Å²) in [6.07, 6.45) is 5.08. The van der Waals surface area contributed by atoms with Crippen molar-refractivity contribution in [2.75, 3.05) is 5.43 Å². The molecular weight excluding hydrogens is 312 g/mol. The molecule has 0 unspecified atom stereocenters. The lowest BCUT2D eigenvalue weighted by molar-refractivity contribution is -0.393. The largest absolute Gasteiger partial charge is 0.301 e. The Hall–Kier alpha value is -2.77. The molecule has 1 aromatic rings. The van der Waals surface area contributed by atoms with Crippen LogP contribution < -0.4 is 5.43 Å². The van der Waals surface area contributed by atoms with E-state index in [4.69, 9.17) is 0 Å². The molecule has 128 valence electrons. The van der Waals surface area contributed by atoms with Crippen molar-refractivity contribution in [2.24, 2.45) is 10.5 Å². The van der Waals surface area contributed by atoms with Crippen LogP contribution >= 0.6 is 0 Å². The van der Waals surface area contributed by atoms with Gasteiger partial charge in [-0.25, -0.2) is 0 Å². The summed E-state index contributed by atoms with van der Waals surface area (Å²) in [4.78, 5) is 20.5. The molecule has 0 aromatic heterocycles. The van der Waals surface area contributed by atoms with Crippen molar-refractivity contribution in [3.63, 3.8) is 0 Å². The lowest BCUT2D eigenvalue weighted by atomic mass is 9.77. The van der Waals surface area contributed by atoms with E-state index < -0.39 is 9.85 Å². The van der Waals surface area contributed by atoms with Gasteiger partial charge in [-0.3, -0.25) is 25.7 Å². The Labute approximate surface area is 139 Å². The third-order valence-electron chi connectivity index (χ3n) is 4.17. The van der Waals surface area contributed by atoms with Gasteiger partial charge >= 0.3 is 5.69 Å². The molecule has 0 fully saturated rings. The van der Waals surface area contributed by atoms with Gasteiger partial charge in [0.05, 0.1) is 21.6 Å². The molecule has 0 bridgehead atoms. The molecule has 1 N–H and O–H groups in total. The van der Waals surface area contributed by atoms with Gasteiger partial charge in [-0.05, 0) is 43.2 Å². The number of anilines is 1. The Kier molecular flexibility index (Phi) is 4.96. The zero-order valence-electron chi connectivity index (χ0n) is 13.9. The van der Waals surface area contributed by atoms with E-state index in [1.807, 2.05) is 6.92 Å². The van der Waals surface area contributed by atoms with Gasteiger partial charge in [-0.1, -0.05) is 19.9 Å². The van der Waals surface area contributed by atoms with Crippen LogP contribution in [0, 0.1) is 25.6 Å². The molecule has 24 heavy (non-hydrogen) atoms. The summed E-state index contributed by atoms with van der Waals surface area (Å²) in [5.41, 5.74) is 4.25. The van der Waals surface area contributed by atoms with E-state index in [2.05, 4.69) is 30.5 Å². The maximum atomic E-state index is 11.1. The molecule has 0 spiro atoms. The molecule has 0 radical (unpaired) electrons. The average Bonchev–Trinajstić information content (AvgIpc) is 2.52. The van der Waals surface area contributed by atoms with Crippen molar-refractivity contribution in [3.05, 3.63) is 50.1 Å². The van der Waals surface area contributed by atoms with Crippen LogP contribution in [0.4, 0.5) is 17.1 Å². The highest BCUT2D eigenvalue weighted by Gasteiger charge is 2.23. The predicted octanol–water partition coefficient (Wildman–Crippen LogP) is 4.43. The standard InChI is InChI=1S/C16H20N4O4/c1-11(12-6-8-16(2,3)9-7-12)17-18-14-5-4-13(19(21)22)10-15(14)20(23)24/h4-6,10,18H,7-9H2,1-3H3. The first kappa shape index (κ1) is 17.6. The number of nitro groups is 2. The molecule has 8 heteroatoms. The van der Waals surface area contributed by atoms with Gasteiger partial charge in [0.15, 0.2) is 0 Å². The second-order valence-electron chi connectivity index (χ2n) is 6.62. The van der Waals surface area contributed by atoms with Gasteiger partial charge in [0, 0.05) is 6.07 Å². The first-order chi connectivity index (χ1) is 11.2. The van der Waals surface area contributed by atoms with Gasteiger partial charge in [0.25, 0.3) is 5.69 Å². The number of non-ortho nitro benzene ring substituents is 1.